The summed E-state index contributed by atoms with van der Waals surface area (Å²) in [5, 5.41) is 13.7. The number of carboxylic acid groups (broad SMARTS) is 1. The fraction of sp³-hybridized carbons (Fsp3) is 0.375. The van der Waals surface area contributed by atoms with Crippen molar-refractivity contribution < 1.29 is 9.90 Å². The van der Waals surface area contributed by atoms with Crippen LogP contribution in [-0.4, -0.2) is 33.5 Å². The molecule has 0 radical (unpaired) electrons. The molecule has 2 aromatic rings. The van der Waals surface area contributed by atoms with E-state index in [1.54, 1.807) is 17.5 Å². The number of thiophene rings is 1. The number of hydrogen-bond donors (Lipinski definition) is 1. The largest absolute Gasteiger partial charge is 0.480 e. The molecule has 1 saturated heterocycles. The van der Waals surface area contributed by atoms with Crippen molar-refractivity contribution >= 4 is 17.3 Å². The number of aromatic nitrogens is 1. The molecular formula is C16H18N2O2S. The van der Waals surface area contributed by atoms with Crippen molar-refractivity contribution in [2.24, 2.45) is 0 Å². The highest BCUT2D eigenvalue weighted by Gasteiger charge is 2.37. The minimum Gasteiger partial charge on any atom is -0.480 e. The SMILES string of the molecule is Cc1cnccc1C(c1ccsc1)N1CCCC1C(=O)O. The molecule has 1 fully saturated rings. The van der Waals surface area contributed by atoms with E-state index in [1.165, 1.54) is 5.56 Å². The fourth-order valence-corrected chi connectivity index (χ4v) is 3.81. The first-order valence-electron chi connectivity index (χ1n) is 7.09. The van der Waals surface area contributed by atoms with Crippen molar-refractivity contribution in [1.29, 1.82) is 0 Å². The molecule has 0 amide bonds. The van der Waals surface area contributed by atoms with Crippen LogP contribution in [0.25, 0.3) is 0 Å². The van der Waals surface area contributed by atoms with Gasteiger partial charge < -0.3 is 5.11 Å². The summed E-state index contributed by atoms with van der Waals surface area (Å²) in [4.78, 5) is 17.8. The summed E-state index contributed by atoms with van der Waals surface area (Å²) < 4.78 is 0. The van der Waals surface area contributed by atoms with Gasteiger partial charge in [0.1, 0.15) is 6.04 Å². The Morgan fingerprint density at radius 2 is 2.38 bits per heavy atom. The Kier molecular flexibility index (Phi) is 4.03. The zero-order chi connectivity index (χ0) is 14.8. The predicted octanol–water partition coefficient (Wildman–Crippen LogP) is 3.09. The van der Waals surface area contributed by atoms with E-state index in [1.807, 2.05) is 24.6 Å². The topological polar surface area (TPSA) is 53.4 Å². The van der Waals surface area contributed by atoms with E-state index in [0.29, 0.717) is 0 Å². The molecule has 3 rings (SSSR count). The van der Waals surface area contributed by atoms with Gasteiger partial charge in [0, 0.05) is 18.9 Å². The predicted molar refractivity (Wildman–Crippen MR) is 82.5 cm³/mol. The Labute approximate surface area is 128 Å². The van der Waals surface area contributed by atoms with E-state index in [-0.39, 0.29) is 6.04 Å². The van der Waals surface area contributed by atoms with Crippen LogP contribution in [0.15, 0.2) is 35.3 Å². The Morgan fingerprint density at radius 1 is 1.52 bits per heavy atom. The van der Waals surface area contributed by atoms with E-state index >= 15 is 0 Å². The van der Waals surface area contributed by atoms with Gasteiger partial charge in [0.2, 0.25) is 0 Å². The van der Waals surface area contributed by atoms with Crippen molar-refractivity contribution in [2.45, 2.75) is 31.8 Å². The number of carbonyl (C=O) groups is 1. The van der Waals surface area contributed by atoms with Gasteiger partial charge in [0.15, 0.2) is 0 Å². The maximum Gasteiger partial charge on any atom is 0.320 e. The molecule has 110 valence electrons. The molecule has 21 heavy (non-hydrogen) atoms. The second-order valence-corrected chi connectivity index (χ2v) is 6.21. The van der Waals surface area contributed by atoms with Gasteiger partial charge in [0.05, 0.1) is 6.04 Å². The van der Waals surface area contributed by atoms with E-state index in [2.05, 4.69) is 21.3 Å². The molecule has 0 saturated carbocycles. The number of hydrogen-bond acceptors (Lipinski definition) is 4. The number of carboxylic acids is 1. The van der Waals surface area contributed by atoms with Gasteiger partial charge in [-0.25, -0.2) is 0 Å². The molecule has 0 bridgehead atoms. The molecule has 1 N–H and O–H groups in total. The monoisotopic (exact) mass is 302 g/mol. The first-order chi connectivity index (χ1) is 10.2. The molecule has 1 aliphatic rings. The summed E-state index contributed by atoms with van der Waals surface area (Å²) in [5.41, 5.74) is 3.42. The fourth-order valence-electron chi connectivity index (χ4n) is 3.13. The highest BCUT2D eigenvalue weighted by atomic mass is 32.1. The minimum atomic E-state index is -0.723. The lowest BCUT2D eigenvalue weighted by atomic mass is 9.96. The number of nitrogens with zero attached hydrogens (tertiary/aromatic N) is 2. The van der Waals surface area contributed by atoms with Crippen molar-refractivity contribution in [3.05, 3.63) is 52.0 Å². The van der Waals surface area contributed by atoms with Crippen LogP contribution < -0.4 is 0 Å². The number of likely N-dealkylation sites (tertiary alicyclic amines) is 1. The molecule has 3 heterocycles. The molecule has 0 spiro atoms. The van der Waals surface area contributed by atoms with Crippen molar-refractivity contribution in [2.75, 3.05) is 6.54 Å². The molecule has 2 aromatic heterocycles. The van der Waals surface area contributed by atoms with Gasteiger partial charge in [-0.05, 0) is 59.3 Å². The van der Waals surface area contributed by atoms with Crippen molar-refractivity contribution in [1.82, 2.24) is 9.88 Å². The van der Waals surface area contributed by atoms with E-state index < -0.39 is 12.0 Å². The van der Waals surface area contributed by atoms with Crippen LogP contribution in [0, 0.1) is 6.92 Å². The Bertz CT molecular complexity index is 627. The third kappa shape index (κ3) is 2.71. The van der Waals surface area contributed by atoms with Crippen molar-refractivity contribution in [3.63, 3.8) is 0 Å². The van der Waals surface area contributed by atoms with Crippen LogP contribution in [-0.2, 0) is 4.79 Å². The molecule has 1 aliphatic heterocycles. The maximum absolute atomic E-state index is 11.6. The first kappa shape index (κ1) is 14.2. The highest BCUT2D eigenvalue weighted by Crippen LogP contribution is 2.36. The highest BCUT2D eigenvalue weighted by molar-refractivity contribution is 7.08. The van der Waals surface area contributed by atoms with E-state index in [4.69, 9.17) is 0 Å². The number of pyridine rings is 1. The summed E-state index contributed by atoms with van der Waals surface area (Å²) in [7, 11) is 0. The lowest BCUT2D eigenvalue weighted by molar-refractivity contribution is -0.142. The van der Waals surface area contributed by atoms with Crippen LogP contribution in [0.5, 0.6) is 0 Å². The quantitative estimate of drug-likeness (QED) is 0.943. The third-order valence-corrected chi connectivity index (χ3v) is 4.83. The number of aryl methyl sites for hydroxylation is 1. The van der Waals surface area contributed by atoms with Crippen LogP contribution >= 0.6 is 11.3 Å². The summed E-state index contributed by atoms with van der Waals surface area (Å²) >= 11 is 1.65. The standard InChI is InChI=1S/C16H18N2O2S/c1-11-9-17-6-4-13(11)15(12-5-8-21-10-12)18-7-2-3-14(18)16(19)20/h4-6,8-10,14-15H,2-3,7H2,1H3,(H,19,20). The summed E-state index contributed by atoms with van der Waals surface area (Å²) in [6.07, 6.45) is 5.29. The zero-order valence-electron chi connectivity index (χ0n) is 11.9. The normalized spacial score (nSPS) is 20.5. The van der Waals surface area contributed by atoms with Gasteiger partial charge in [-0.15, -0.1) is 0 Å². The zero-order valence-corrected chi connectivity index (χ0v) is 12.7. The number of aliphatic carboxylic acids is 1. The summed E-state index contributed by atoms with van der Waals surface area (Å²) in [6.45, 7) is 2.85. The second-order valence-electron chi connectivity index (χ2n) is 5.43. The molecular weight excluding hydrogens is 284 g/mol. The van der Waals surface area contributed by atoms with Gasteiger partial charge in [-0.2, -0.15) is 11.3 Å². The minimum absolute atomic E-state index is 0.00264. The Balaban J connectivity index is 2.05. The summed E-state index contributed by atoms with van der Waals surface area (Å²) in [5.74, 6) is -0.723. The second kappa shape index (κ2) is 5.95. The third-order valence-electron chi connectivity index (χ3n) is 4.13. The van der Waals surface area contributed by atoms with Gasteiger partial charge in [-0.1, -0.05) is 0 Å². The van der Waals surface area contributed by atoms with Crippen molar-refractivity contribution in [3.8, 4) is 0 Å². The molecule has 2 atom stereocenters. The van der Waals surface area contributed by atoms with Crippen LogP contribution in [0.4, 0.5) is 0 Å². The Morgan fingerprint density at radius 3 is 3.05 bits per heavy atom. The molecule has 0 aromatic carbocycles. The van der Waals surface area contributed by atoms with Gasteiger partial charge >= 0.3 is 5.97 Å². The smallest absolute Gasteiger partial charge is 0.320 e. The van der Waals surface area contributed by atoms with Gasteiger partial charge in [-0.3, -0.25) is 14.7 Å². The average molecular weight is 302 g/mol. The molecule has 4 nitrogen and oxygen atoms in total. The lowest BCUT2D eigenvalue weighted by Crippen LogP contribution is -2.39. The molecule has 5 heteroatoms. The average Bonchev–Trinajstić information content (AvgIpc) is 3.13. The first-order valence-corrected chi connectivity index (χ1v) is 8.04. The van der Waals surface area contributed by atoms with Gasteiger partial charge in [0.25, 0.3) is 0 Å². The maximum atomic E-state index is 11.6. The summed E-state index contributed by atoms with van der Waals surface area (Å²) in [6, 6.07) is 3.70. The van der Waals surface area contributed by atoms with E-state index in [9.17, 15) is 9.90 Å². The van der Waals surface area contributed by atoms with Crippen LogP contribution in [0.1, 0.15) is 35.6 Å². The molecule has 2 unspecified atom stereocenters. The van der Waals surface area contributed by atoms with Crippen LogP contribution in [0.2, 0.25) is 0 Å². The lowest BCUT2D eigenvalue weighted by Gasteiger charge is -2.32. The molecule has 0 aliphatic carbocycles. The number of rotatable bonds is 4. The Hall–Kier alpha value is -1.72. The van der Waals surface area contributed by atoms with Crippen LogP contribution in [0.3, 0.4) is 0 Å². The van der Waals surface area contributed by atoms with E-state index in [0.717, 1.165) is 30.5 Å².